The highest BCUT2D eigenvalue weighted by atomic mass is 16.5. The zero-order chi connectivity index (χ0) is 14.2. The largest absolute Gasteiger partial charge is 0.490 e. The van der Waals surface area contributed by atoms with Crippen molar-refractivity contribution < 1.29 is 4.74 Å². The Morgan fingerprint density at radius 3 is 2.70 bits per heavy atom. The van der Waals surface area contributed by atoms with Gasteiger partial charge in [-0.2, -0.15) is 0 Å². The highest BCUT2D eigenvalue weighted by Crippen LogP contribution is 2.19. The minimum Gasteiger partial charge on any atom is -0.490 e. The van der Waals surface area contributed by atoms with Crippen LogP contribution in [-0.4, -0.2) is 15.7 Å². The van der Waals surface area contributed by atoms with Crippen LogP contribution in [0, 0.1) is 0 Å². The molecule has 0 radical (unpaired) electrons. The third-order valence-electron chi connectivity index (χ3n) is 3.33. The fourth-order valence-corrected chi connectivity index (χ4v) is 2.14. The van der Waals surface area contributed by atoms with E-state index in [2.05, 4.69) is 16.5 Å². The lowest BCUT2D eigenvalue weighted by molar-refractivity contribution is 0.171. The molecule has 0 bridgehead atoms. The molecule has 0 saturated carbocycles. The molecule has 0 aliphatic heterocycles. The number of nitrogen functional groups attached to an aromatic ring is 1. The van der Waals surface area contributed by atoms with Gasteiger partial charge in [0.1, 0.15) is 11.9 Å². The van der Waals surface area contributed by atoms with Crippen LogP contribution in [0.1, 0.15) is 32.6 Å². The Bertz CT molecular complexity index is 479. The van der Waals surface area contributed by atoms with Crippen LogP contribution < -0.4 is 10.5 Å². The summed E-state index contributed by atoms with van der Waals surface area (Å²) in [5, 5.41) is 0. The van der Waals surface area contributed by atoms with Crippen LogP contribution in [0.4, 0.5) is 5.69 Å². The molecule has 108 valence electrons. The average Bonchev–Trinajstić information content (AvgIpc) is 2.97. The molecule has 1 aromatic carbocycles. The predicted octanol–water partition coefficient (Wildman–Crippen LogP) is 3.49. The minimum absolute atomic E-state index is 0.237. The summed E-state index contributed by atoms with van der Waals surface area (Å²) >= 11 is 0. The number of anilines is 1. The lowest BCUT2D eigenvalue weighted by atomic mass is 10.1. The Labute approximate surface area is 120 Å². The van der Waals surface area contributed by atoms with Crippen LogP contribution in [0.15, 0.2) is 43.0 Å². The molecule has 4 heteroatoms. The van der Waals surface area contributed by atoms with Crippen molar-refractivity contribution >= 4 is 5.69 Å². The van der Waals surface area contributed by atoms with E-state index in [4.69, 9.17) is 10.5 Å². The van der Waals surface area contributed by atoms with Gasteiger partial charge in [0.15, 0.2) is 0 Å². The molecule has 1 aromatic heterocycles. The molecule has 0 amide bonds. The fourth-order valence-electron chi connectivity index (χ4n) is 2.14. The Hall–Kier alpha value is -1.97. The van der Waals surface area contributed by atoms with E-state index in [1.54, 1.807) is 0 Å². The lowest BCUT2D eigenvalue weighted by Gasteiger charge is -2.19. The van der Waals surface area contributed by atoms with Crippen LogP contribution in [0.3, 0.4) is 0 Å². The van der Waals surface area contributed by atoms with Crippen LogP contribution in [0.5, 0.6) is 5.75 Å². The second-order valence-electron chi connectivity index (χ2n) is 5.04. The Balaban J connectivity index is 1.90. The van der Waals surface area contributed by atoms with E-state index < -0.39 is 0 Å². The minimum atomic E-state index is 0.237. The molecule has 2 rings (SSSR count). The van der Waals surface area contributed by atoms with Gasteiger partial charge in [-0.25, -0.2) is 4.98 Å². The third-order valence-corrected chi connectivity index (χ3v) is 3.33. The van der Waals surface area contributed by atoms with Gasteiger partial charge in [-0.15, -0.1) is 0 Å². The van der Waals surface area contributed by atoms with E-state index in [1.807, 2.05) is 43.0 Å². The van der Waals surface area contributed by atoms with Gasteiger partial charge in [0.25, 0.3) is 0 Å². The van der Waals surface area contributed by atoms with Crippen molar-refractivity contribution in [1.29, 1.82) is 0 Å². The number of nitrogens with two attached hydrogens (primary N) is 1. The molecule has 0 spiro atoms. The summed E-state index contributed by atoms with van der Waals surface area (Å²) in [4.78, 5) is 4.06. The van der Waals surface area contributed by atoms with E-state index in [-0.39, 0.29) is 6.10 Å². The maximum Gasteiger partial charge on any atom is 0.119 e. The van der Waals surface area contributed by atoms with Crippen LogP contribution in [0.25, 0.3) is 0 Å². The van der Waals surface area contributed by atoms with Gasteiger partial charge in [0.2, 0.25) is 0 Å². The maximum absolute atomic E-state index is 6.08. The Kier molecular flexibility index (Phi) is 5.47. The number of hydrogen-bond acceptors (Lipinski definition) is 3. The maximum atomic E-state index is 6.08. The van der Waals surface area contributed by atoms with E-state index >= 15 is 0 Å². The summed E-state index contributed by atoms with van der Waals surface area (Å²) in [5.74, 6) is 0.894. The van der Waals surface area contributed by atoms with Crippen molar-refractivity contribution in [2.75, 3.05) is 5.73 Å². The second kappa shape index (κ2) is 7.58. The second-order valence-corrected chi connectivity index (χ2v) is 5.04. The van der Waals surface area contributed by atoms with Gasteiger partial charge in [-0.3, -0.25) is 0 Å². The molecule has 4 nitrogen and oxygen atoms in total. The van der Waals surface area contributed by atoms with Crippen molar-refractivity contribution in [3.63, 3.8) is 0 Å². The summed E-state index contributed by atoms with van der Waals surface area (Å²) < 4.78 is 8.17. The molecular formula is C16H23N3O. The van der Waals surface area contributed by atoms with E-state index in [0.29, 0.717) is 0 Å². The summed E-state index contributed by atoms with van der Waals surface area (Å²) in [5.41, 5.74) is 6.46. The summed E-state index contributed by atoms with van der Waals surface area (Å²) in [6.45, 7) is 3.14. The summed E-state index contributed by atoms with van der Waals surface area (Å²) in [6, 6.07) is 7.63. The summed E-state index contributed by atoms with van der Waals surface area (Å²) in [6.07, 6.45) is 10.3. The SMILES string of the molecule is CCCCC(CCn1ccnc1)Oc1ccc(N)cc1. The smallest absolute Gasteiger partial charge is 0.119 e. The number of aryl methyl sites for hydroxylation is 1. The zero-order valence-corrected chi connectivity index (χ0v) is 12.0. The molecule has 2 aromatic rings. The molecule has 1 heterocycles. The van der Waals surface area contributed by atoms with Gasteiger partial charge in [0, 0.05) is 31.0 Å². The monoisotopic (exact) mass is 273 g/mol. The molecule has 20 heavy (non-hydrogen) atoms. The van der Waals surface area contributed by atoms with Gasteiger partial charge in [-0.1, -0.05) is 19.8 Å². The van der Waals surface area contributed by atoms with E-state index in [0.717, 1.165) is 30.8 Å². The van der Waals surface area contributed by atoms with Gasteiger partial charge >= 0.3 is 0 Å². The Morgan fingerprint density at radius 1 is 1.25 bits per heavy atom. The van der Waals surface area contributed by atoms with Crippen molar-refractivity contribution in [2.45, 2.75) is 45.3 Å². The first kappa shape index (κ1) is 14.4. The van der Waals surface area contributed by atoms with Gasteiger partial charge < -0.3 is 15.0 Å². The molecule has 1 unspecified atom stereocenters. The van der Waals surface area contributed by atoms with E-state index in [9.17, 15) is 0 Å². The highest BCUT2D eigenvalue weighted by molar-refractivity contribution is 5.41. The van der Waals surface area contributed by atoms with Crippen LogP contribution in [-0.2, 0) is 6.54 Å². The highest BCUT2D eigenvalue weighted by Gasteiger charge is 2.10. The summed E-state index contributed by atoms with van der Waals surface area (Å²) in [7, 11) is 0. The predicted molar refractivity (Wildman–Crippen MR) is 81.6 cm³/mol. The average molecular weight is 273 g/mol. The number of nitrogens with zero attached hydrogens (tertiary/aromatic N) is 2. The van der Waals surface area contributed by atoms with Gasteiger partial charge in [-0.05, 0) is 30.7 Å². The first-order chi connectivity index (χ1) is 9.78. The van der Waals surface area contributed by atoms with E-state index in [1.165, 1.54) is 12.8 Å². The number of rotatable bonds is 8. The molecule has 0 aliphatic rings. The van der Waals surface area contributed by atoms with Crippen molar-refractivity contribution in [2.24, 2.45) is 0 Å². The van der Waals surface area contributed by atoms with Crippen molar-refractivity contribution in [3.05, 3.63) is 43.0 Å². The van der Waals surface area contributed by atoms with Crippen LogP contribution >= 0.6 is 0 Å². The normalized spacial score (nSPS) is 12.2. The molecule has 0 saturated heterocycles. The number of aromatic nitrogens is 2. The molecule has 0 fully saturated rings. The fraction of sp³-hybridized carbons (Fsp3) is 0.438. The first-order valence-electron chi connectivity index (χ1n) is 7.26. The molecule has 0 aliphatic carbocycles. The number of hydrogen-bond donors (Lipinski definition) is 1. The van der Waals surface area contributed by atoms with Crippen LogP contribution in [0.2, 0.25) is 0 Å². The molecule has 1 atom stereocenters. The lowest BCUT2D eigenvalue weighted by Crippen LogP contribution is -2.19. The number of benzene rings is 1. The third kappa shape index (κ3) is 4.61. The van der Waals surface area contributed by atoms with Crippen molar-refractivity contribution in [1.82, 2.24) is 9.55 Å². The quantitative estimate of drug-likeness (QED) is 0.749. The van der Waals surface area contributed by atoms with Gasteiger partial charge in [0.05, 0.1) is 6.33 Å². The number of unbranched alkanes of at least 4 members (excludes halogenated alkanes) is 1. The molecule has 2 N–H and O–H groups in total. The Morgan fingerprint density at radius 2 is 2.05 bits per heavy atom. The topological polar surface area (TPSA) is 53.1 Å². The zero-order valence-electron chi connectivity index (χ0n) is 12.0. The standard InChI is InChI=1S/C16H23N3O/c1-2-3-4-15(9-11-19-12-10-18-13-19)20-16-7-5-14(17)6-8-16/h5-8,10,12-13,15H,2-4,9,11,17H2,1H3. The van der Waals surface area contributed by atoms with Crippen molar-refractivity contribution in [3.8, 4) is 5.75 Å². The first-order valence-corrected chi connectivity index (χ1v) is 7.26. The number of ether oxygens (including phenoxy) is 1. The number of imidazole rings is 1. The molecular weight excluding hydrogens is 250 g/mol.